The molecule has 5 heterocycles. The zero-order valence-corrected chi connectivity index (χ0v) is 28.1. The van der Waals surface area contributed by atoms with Gasteiger partial charge in [0.2, 0.25) is 12.3 Å². The van der Waals surface area contributed by atoms with E-state index in [0.717, 1.165) is 39.2 Å². The summed E-state index contributed by atoms with van der Waals surface area (Å²) in [5.41, 5.74) is 13.3. The lowest BCUT2D eigenvalue weighted by molar-refractivity contribution is -0.254. The highest BCUT2D eigenvalue weighted by molar-refractivity contribution is 5.84. The molecule has 0 aliphatic carbocycles. The average molecular weight is 684 g/mol. The number of hydrogen-bond donors (Lipinski definition) is 5. The second kappa shape index (κ2) is 15.1. The second-order valence-electron chi connectivity index (χ2n) is 12.2. The maximum absolute atomic E-state index is 12.7. The lowest BCUT2D eigenvalue weighted by Gasteiger charge is -2.36. The van der Waals surface area contributed by atoms with Crippen LogP contribution in [0.5, 0.6) is 5.88 Å². The van der Waals surface area contributed by atoms with Crippen LogP contribution in [-0.4, -0.2) is 104 Å². The first kappa shape index (κ1) is 34.7. The van der Waals surface area contributed by atoms with Crippen molar-refractivity contribution >= 4 is 29.3 Å². The molecule has 7 rings (SSSR count). The molecular formula is C35H41N9O6. The number of fused-ring (bicyclic) bond motifs is 1. The highest BCUT2D eigenvalue weighted by Crippen LogP contribution is 2.35. The van der Waals surface area contributed by atoms with Crippen molar-refractivity contribution in [2.75, 3.05) is 51.1 Å². The van der Waals surface area contributed by atoms with Crippen LogP contribution in [0.1, 0.15) is 35.6 Å². The Hall–Kier alpha value is -5.19. The van der Waals surface area contributed by atoms with Gasteiger partial charge in [0, 0.05) is 69.4 Å². The van der Waals surface area contributed by atoms with Gasteiger partial charge in [-0.3, -0.25) is 14.3 Å². The van der Waals surface area contributed by atoms with E-state index in [0.29, 0.717) is 57.1 Å². The molecule has 2 aromatic carbocycles. The first-order chi connectivity index (χ1) is 24.2. The number of nitrogens with one attached hydrogen (secondary N) is 3. The third kappa shape index (κ3) is 7.51. The summed E-state index contributed by atoms with van der Waals surface area (Å²) in [5, 5.41) is 27.9. The van der Waals surface area contributed by atoms with Crippen LogP contribution < -0.4 is 20.9 Å². The molecule has 2 atom stereocenters. The Morgan fingerprint density at radius 3 is 2.52 bits per heavy atom. The molecule has 3 aliphatic rings. The predicted molar refractivity (Wildman–Crippen MR) is 185 cm³/mol. The van der Waals surface area contributed by atoms with E-state index in [1.54, 1.807) is 31.4 Å². The molecule has 1 fully saturated rings. The molecule has 5 N–H and O–H groups in total. The van der Waals surface area contributed by atoms with Gasteiger partial charge < -0.3 is 35.3 Å². The summed E-state index contributed by atoms with van der Waals surface area (Å²) in [6.07, 6.45) is 7.23. The monoisotopic (exact) mass is 683 g/mol. The number of pyridine rings is 1. The summed E-state index contributed by atoms with van der Waals surface area (Å²) < 4.78 is 12.1. The van der Waals surface area contributed by atoms with Gasteiger partial charge in [-0.25, -0.2) is 20.3 Å². The number of benzene rings is 2. The molecule has 50 heavy (non-hydrogen) atoms. The van der Waals surface area contributed by atoms with Crippen LogP contribution in [0, 0.1) is 0 Å². The van der Waals surface area contributed by atoms with Crippen molar-refractivity contribution in [1.82, 2.24) is 35.0 Å². The Morgan fingerprint density at radius 1 is 1.06 bits per heavy atom. The molecular weight excluding hydrogens is 642 g/mol. The minimum Gasteiger partial charge on any atom is -0.481 e. The van der Waals surface area contributed by atoms with Crippen LogP contribution in [0.4, 0.5) is 11.4 Å². The van der Waals surface area contributed by atoms with Gasteiger partial charge in [0.1, 0.15) is 6.33 Å². The number of methoxy groups -OCH3 is 2. The van der Waals surface area contributed by atoms with Gasteiger partial charge in [-0.1, -0.05) is 30.3 Å². The summed E-state index contributed by atoms with van der Waals surface area (Å²) in [4.78, 5) is 34.5. The molecule has 1 unspecified atom stereocenters. The molecule has 2 amide bonds. The SMILES string of the molecule is CO[C@H]1CCN(C(O)(O)C(=O)N2CC=C(c3ccc(-c4ncn(C)n4)cc3)CC2)C1.COc1cc(C2NNc3ccc(NC=O)cc32)ccn1. The van der Waals surface area contributed by atoms with Crippen LogP contribution in [0.3, 0.4) is 0 Å². The zero-order chi connectivity index (χ0) is 35.3. The van der Waals surface area contributed by atoms with Gasteiger partial charge in [0.15, 0.2) is 5.82 Å². The van der Waals surface area contributed by atoms with E-state index in [9.17, 15) is 19.8 Å². The van der Waals surface area contributed by atoms with Crippen LogP contribution >= 0.6 is 0 Å². The molecule has 15 nitrogen and oxygen atoms in total. The van der Waals surface area contributed by atoms with Crippen molar-refractivity contribution in [2.45, 2.75) is 30.9 Å². The van der Waals surface area contributed by atoms with Crippen molar-refractivity contribution in [1.29, 1.82) is 0 Å². The van der Waals surface area contributed by atoms with E-state index in [-0.39, 0.29) is 12.1 Å². The van der Waals surface area contributed by atoms with E-state index in [1.165, 1.54) is 9.80 Å². The van der Waals surface area contributed by atoms with E-state index < -0.39 is 11.8 Å². The second-order valence-corrected chi connectivity index (χ2v) is 12.2. The quantitative estimate of drug-likeness (QED) is 0.128. The molecule has 0 radical (unpaired) electrons. The van der Waals surface area contributed by atoms with E-state index >= 15 is 0 Å². The summed E-state index contributed by atoms with van der Waals surface area (Å²) >= 11 is 0. The molecule has 1 saturated heterocycles. The minimum atomic E-state index is -2.50. The first-order valence-electron chi connectivity index (χ1n) is 16.2. The number of likely N-dealkylation sites (tertiary alicyclic amines) is 1. The smallest absolute Gasteiger partial charge is 0.309 e. The summed E-state index contributed by atoms with van der Waals surface area (Å²) in [6.45, 7) is 1.49. The topological polar surface area (TPSA) is 179 Å². The Bertz CT molecular complexity index is 1840. The van der Waals surface area contributed by atoms with Gasteiger partial charge in [-0.05, 0) is 53.8 Å². The molecule has 0 bridgehead atoms. The Kier molecular flexibility index (Phi) is 10.5. The fourth-order valence-electron chi connectivity index (χ4n) is 6.25. The number of aryl methyl sites for hydroxylation is 1. The number of ether oxygens (including phenoxy) is 2. The number of carbonyl (C=O) groups is 2. The predicted octanol–water partition coefficient (Wildman–Crippen LogP) is 2.13. The third-order valence-corrected chi connectivity index (χ3v) is 9.06. The molecule has 4 aromatic rings. The van der Waals surface area contributed by atoms with Gasteiger partial charge in [-0.15, -0.1) is 0 Å². The van der Waals surface area contributed by atoms with Gasteiger partial charge in [0.25, 0.3) is 5.91 Å². The Morgan fingerprint density at radius 2 is 1.86 bits per heavy atom. The number of hydrazine groups is 1. The zero-order valence-electron chi connectivity index (χ0n) is 28.1. The fourth-order valence-corrected chi connectivity index (χ4v) is 6.25. The minimum absolute atomic E-state index is 0.0182. The number of hydrogen-bond acceptors (Lipinski definition) is 12. The lowest BCUT2D eigenvalue weighted by Crippen LogP contribution is -2.60. The van der Waals surface area contributed by atoms with Crippen LogP contribution in [0.15, 0.2) is 73.2 Å². The fraction of sp³-hybridized carbons (Fsp3) is 0.343. The first-order valence-corrected chi connectivity index (χ1v) is 16.2. The van der Waals surface area contributed by atoms with Gasteiger partial charge >= 0.3 is 5.91 Å². The molecule has 15 heteroatoms. The molecule has 2 aromatic heterocycles. The Balaban J connectivity index is 0.000000187. The van der Waals surface area contributed by atoms with Crippen molar-refractivity contribution in [3.63, 3.8) is 0 Å². The molecule has 3 aliphatic heterocycles. The van der Waals surface area contributed by atoms with Gasteiger partial charge in [0.05, 0.1) is 24.9 Å². The summed E-state index contributed by atoms with van der Waals surface area (Å²) in [6, 6.07) is 17.5. The Labute approximate surface area is 289 Å². The maximum atomic E-state index is 12.7. The lowest BCUT2D eigenvalue weighted by atomic mass is 9.98. The molecule has 0 spiro atoms. The van der Waals surface area contributed by atoms with E-state index in [1.807, 2.05) is 67.7 Å². The number of anilines is 2. The van der Waals surface area contributed by atoms with Gasteiger partial charge in [-0.2, -0.15) is 5.10 Å². The van der Waals surface area contributed by atoms with Crippen molar-refractivity contribution in [3.8, 4) is 17.3 Å². The normalized spacial score (nSPS) is 18.7. The van der Waals surface area contributed by atoms with Crippen LogP contribution in [-0.2, 0) is 21.4 Å². The van der Waals surface area contributed by atoms with E-state index in [4.69, 9.17) is 9.47 Å². The molecule has 0 saturated carbocycles. The van der Waals surface area contributed by atoms with E-state index in [2.05, 4.69) is 31.2 Å². The summed E-state index contributed by atoms with van der Waals surface area (Å²) in [7, 11) is 5.01. The summed E-state index contributed by atoms with van der Waals surface area (Å²) in [5.74, 6) is -1.94. The van der Waals surface area contributed by atoms with Crippen molar-refractivity contribution < 1.29 is 29.3 Å². The number of rotatable bonds is 9. The maximum Gasteiger partial charge on any atom is 0.309 e. The number of aliphatic hydroxyl groups is 2. The van der Waals surface area contributed by atoms with Crippen LogP contribution in [0.2, 0.25) is 0 Å². The third-order valence-electron chi connectivity index (χ3n) is 9.06. The van der Waals surface area contributed by atoms with Crippen LogP contribution in [0.25, 0.3) is 17.0 Å². The van der Waals surface area contributed by atoms with Crippen molar-refractivity contribution in [2.24, 2.45) is 7.05 Å². The number of amides is 2. The number of aromatic nitrogens is 4. The number of nitrogens with zero attached hydrogens (tertiary/aromatic N) is 6. The average Bonchev–Trinajstić information content (AvgIpc) is 3.92. The number of carbonyl (C=O) groups excluding carboxylic acids is 2. The molecule has 262 valence electrons. The largest absolute Gasteiger partial charge is 0.481 e. The van der Waals surface area contributed by atoms with Crippen molar-refractivity contribution in [3.05, 3.63) is 89.9 Å². The highest BCUT2D eigenvalue weighted by Gasteiger charge is 2.46. The standard InChI is InChI=1S/C21H27N5O4.C14H14N4O2/c1-24-14-22-19(23-24)17-5-3-15(4-6-17)16-7-10-25(11-8-16)20(27)21(28,29)26-12-9-18(13-26)30-2;1-20-13-6-9(4-5-15-13)14-11-7-10(16-8-19)2-3-12(11)17-18-14/h3-7,14,18,28-29H,8-13H2,1-2H3;2-8,14,17-18H,1H3,(H,16,19)/t18-;/m0./s1. The highest BCUT2D eigenvalue weighted by atomic mass is 16.5.